The number of carbonyl (C=O) groups is 1. The van der Waals surface area contributed by atoms with Crippen LogP contribution in [0.5, 0.6) is 11.5 Å². The minimum atomic E-state index is -4.51. The van der Waals surface area contributed by atoms with Gasteiger partial charge in [0, 0.05) is 12.1 Å². The van der Waals surface area contributed by atoms with Crippen molar-refractivity contribution in [2.45, 2.75) is 6.18 Å². The van der Waals surface area contributed by atoms with Gasteiger partial charge in [0.25, 0.3) is 0 Å². The summed E-state index contributed by atoms with van der Waals surface area (Å²) in [6, 6.07) is 1.98. The maximum Gasteiger partial charge on any atom is 0.422 e. The van der Waals surface area contributed by atoms with Gasteiger partial charge in [-0.3, -0.25) is 0 Å². The van der Waals surface area contributed by atoms with Crippen molar-refractivity contribution in [3.8, 4) is 11.5 Å². The second-order valence-corrected chi connectivity index (χ2v) is 3.30. The molecular weight excluding hydrogens is 255 g/mol. The molecule has 0 amide bonds. The highest BCUT2D eigenvalue weighted by molar-refractivity contribution is 5.94. The van der Waals surface area contributed by atoms with Gasteiger partial charge in [0.1, 0.15) is 0 Å². The van der Waals surface area contributed by atoms with Gasteiger partial charge < -0.3 is 20.3 Å². The largest absolute Gasteiger partial charge is 0.493 e. The van der Waals surface area contributed by atoms with Crippen molar-refractivity contribution >= 4 is 11.7 Å². The number of methoxy groups -OCH3 is 1. The Bertz CT molecular complexity index is 459. The van der Waals surface area contributed by atoms with Gasteiger partial charge in [-0.05, 0) is 0 Å². The van der Waals surface area contributed by atoms with E-state index >= 15 is 0 Å². The Morgan fingerprint density at radius 1 is 1.39 bits per heavy atom. The normalized spacial score (nSPS) is 11.1. The Morgan fingerprint density at radius 2 is 2.00 bits per heavy atom. The maximum absolute atomic E-state index is 12.0. The number of ether oxygens (including phenoxy) is 2. The second-order valence-electron chi connectivity index (χ2n) is 3.30. The number of carboxylic acid groups (broad SMARTS) is 1. The molecule has 5 nitrogen and oxygen atoms in total. The summed E-state index contributed by atoms with van der Waals surface area (Å²) in [5.41, 5.74) is 4.91. The van der Waals surface area contributed by atoms with Crippen LogP contribution in [0.2, 0.25) is 0 Å². The third kappa shape index (κ3) is 3.44. The molecule has 0 atom stereocenters. The smallest absolute Gasteiger partial charge is 0.422 e. The summed E-state index contributed by atoms with van der Waals surface area (Å²) in [4.78, 5) is 10.8. The highest BCUT2D eigenvalue weighted by Crippen LogP contribution is 2.33. The monoisotopic (exact) mass is 265 g/mol. The molecule has 0 radical (unpaired) electrons. The third-order valence-corrected chi connectivity index (χ3v) is 1.96. The number of hydrogen-bond acceptors (Lipinski definition) is 4. The summed E-state index contributed by atoms with van der Waals surface area (Å²) in [5.74, 6) is -1.71. The Hall–Kier alpha value is -2.12. The number of rotatable bonds is 4. The molecule has 3 N–H and O–H groups in total. The minimum absolute atomic E-state index is 0.133. The zero-order valence-electron chi connectivity index (χ0n) is 9.25. The van der Waals surface area contributed by atoms with Crippen LogP contribution in [0.15, 0.2) is 12.1 Å². The number of benzene rings is 1. The van der Waals surface area contributed by atoms with Crippen LogP contribution in [-0.4, -0.2) is 31.0 Å². The molecule has 0 aliphatic rings. The van der Waals surface area contributed by atoms with Gasteiger partial charge in [0.2, 0.25) is 0 Å². The topological polar surface area (TPSA) is 81.8 Å². The molecule has 0 saturated carbocycles. The first kappa shape index (κ1) is 13.9. The van der Waals surface area contributed by atoms with Crippen molar-refractivity contribution in [2.75, 3.05) is 19.5 Å². The SMILES string of the molecule is COc1cc(C(=O)O)c(N)cc1OCC(F)(F)F. The van der Waals surface area contributed by atoms with Gasteiger partial charge in [-0.25, -0.2) is 4.79 Å². The molecule has 0 fully saturated rings. The molecule has 0 spiro atoms. The van der Waals surface area contributed by atoms with Crippen molar-refractivity contribution in [1.29, 1.82) is 0 Å². The van der Waals surface area contributed by atoms with E-state index in [2.05, 4.69) is 4.74 Å². The molecule has 1 rings (SSSR count). The molecule has 18 heavy (non-hydrogen) atoms. The summed E-state index contributed by atoms with van der Waals surface area (Å²) in [7, 11) is 1.18. The molecule has 1 aromatic rings. The highest BCUT2D eigenvalue weighted by Gasteiger charge is 2.29. The summed E-state index contributed by atoms with van der Waals surface area (Å²) in [5, 5.41) is 8.78. The van der Waals surface area contributed by atoms with Crippen LogP contribution >= 0.6 is 0 Å². The van der Waals surface area contributed by atoms with Crippen molar-refractivity contribution in [2.24, 2.45) is 0 Å². The van der Waals surface area contributed by atoms with E-state index in [0.29, 0.717) is 0 Å². The highest BCUT2D eigenvalue weighted by atomic mass is 19.4. The number of nitrogen functional groups attached to an aromatic ring is 1. The lowest BCUT2D eigenvalue weighted by atomic mass is 10.1. The summed E-state index contributed by atoms with van der Waals surface area (Å²) >= 11 is 0. The van der Waals surface area contributed by atoms with E-state index in [-0.39, 0.29) is 22.7 Å². The van der Waals surface area contributed by atoms with Crippen LogP contribution in [0, 0.1) is 0 Å². The molecule has 0 aliphatic heterocycles. The van der Waals surface area contributed by atoms with Gasteiger partial charge in [-0.2, -0.15) is 13.2 Å². The summed E-state index contributed by atoms with van der Waals surface area (Å²) in [6.07, 6.45) is -4.51. The number of alkyl halides is 3. The van der Waals surface area contributed by atoms with E-state index in [4.69, 9.17) is 15.6 Å². The van der Waals surface area contributed by atoms with Crippen LogP contribution in [-0.2, 0) is 0 Å². The fraction of sp³-hybridized carbons (Fsp3) is 0.300. The Morgan fingerprint density at radius 3 is 2.44 bits per heavy atom. The van der Waals surface area contributed by atoms with E-state index in [0.717, 1.165) is 12.1 Å². The van der Waals surface area contributed by atoms with Crippen LogP contribution in [0.3, 0.4) is 0 Å². The van der Waals surface area contributed by atoms with Crippen molar-refractivity contribution in [1.82, 2.24) is 0 Å². The summed E-state index contributed by atoms with van der Waals surface area (Å²) in [6.45, 7) is -1.52. The molecule has 0 heterocycles. The fourth-order valence-corrected chi connectivity index (χ4v) is 1.19. The Kier molecular flexibility index (Phi) is 3.89. The van der Waals surface area contributed by atoms with E-state index in [1.807, 2.05) is 0 Å². The first-order valence-electron chi connectivity index (χ1n) is 4.65. The van der Waals surface area contributed by atoms with E-state index < -0.39 is 18.8 Å². The molecule has 0 bridgehead atoms. The first-order chi connectivity index (χ1) is 8.24. The lowest BCUT2D eigenvalue weighted by Gasteiger charge is -2.14. The Balaban J connectivity index is 3.05. The lowest BCUT2D eigenvalue weighted by Crippen LogP contribution is -2.19. The van der Waals surface area contributed by atoms with Crippen molar-refractivity contribution in [3.05, 3.63) is 17.7 Å². The van der Waals surface area contributed by atoms with Gasteiger partial charge >= 0.3 is 12.1 Å². The molecule has 1 aromatic carbocycles. The number of nitrogens with two attached hydrogens (primary N) is 1. The van der Waals surface area contributed by atoms with Crippen LogP contribution in [0.4, 0.5) is 18.9 Å². The molecule has 0 aliphatic carbocycles. The van der Waals surface area contributed by atoms with Crippen LogP contribution in [0.25, 0.3) is 0 Å². The molecule has 8 heteroatoms. The minimum Gasteiger partial charge on any atom is -0.493 e. The van der Waals surface area contributed by atoms with E-state index in [1.54, 1.807) is 0 Å². The predicted molar refractivity (Wildman–Crippen MR) is 55.9 cm³/mol. The quantitative estimate of drug-likeness (QED) is 0.813. The lowest BCUT2D eigenvalue weighted by molar-refractivity contribution is -0.153. The summed E-state index contributed by atoms with van der Waals surface area (Å²) < 4.78 is 45.2. The number of hydrogen-bond donors (Lipinski definition) is 2. The molecule has 0 saturated heterocycles. The zero-order valence-corrected chi connectivity index (χ0v) is 9.25. The molecule has 100 valence electrons. The van der Waals surface area contributed by atoms with E-state index in [1.165, 1.54) is 7.11 Å². The number of anilines is 1. The van der Waals surface area contributed by atoms with Crippen LogP contribution < -0.4 is 15.2 Å². The van der Waals surface area contributed by atoms with Gasteiger partial charge in [0.05, 0.1) is 18.4 Å². The van der Waals surface area contributed by atoms with Gasteiger partial charge in [-0.1, -0.05) is 0 Å². The standard InChI is InChI=1S/C10H10F3NO4/c1-17-7-2-5(9(15)16)6(14)3-8(7)18-4-10(11,12)13/h2-3H,4,14H2,1H3,(H,15,16). The number of aromatic carboxylic acids is 1. The Labute approximate surface area is 99.9 Å². The molecule has 0 aromatic heterocycles. The number of carboxylic acids is 1. The van der Waals surface area contributed by atoms with Crippen molar-refractivity contribution in [3.63, 3.8) is 0 Å². The third-order valence-electron chi connectivity index (χ3n) is 1.96. The second kappa shape index (κ2) is 5.03. The molecule has 0 unspecified atom stereocenters. The van der Waals surface area contributed by atoms with Crippen LogP contribution in [0.1, 0.15) is 10.4 Å². The first-order valence-corrected chi connectivity index (χ1v) is 4.65. The average Bonchev–Trinajstić information content (AvgIpc) is 2.24. The zero-order chi connectivity index (χ0) is 13.9. The predicted octanol–water partition coefficient (Wildman–Crippen LogP) is 1.92. The number of halogens is 3. The maximum atomic E-state index is 12.0. The fourth-order valence-electron chi connectivity index (χ4n) is 1.19. The van der Waals surface area contributed by atoms with Gasteiger partial charge in [0.15, 0.2) is 18.1 Å². The van der Waals surface area contributed by atoms with E-state index in [9.17, 15) is 18.0 Å². The average molecular weight is 265 g/mol. The van der Waals surface area contributed by atoms with Crippen molar-refractivity contribution < 1.29 is 32.5 Å². The van der Waals surface area contributed by atoms with Gasteiger partial charge in [-0.15, -0.1) is 0 Å². The molecular formula is C10H10F3NO4.